The molecular weight excluding hydrogens is 849 g/mol. The Labute approximate surface area is 371 Å². The number of phenolic OH excluding ortho intramolecular Hbond substituents is 2. The molecule has 4 heterocycles. The highest BCUT2D eigenvalue weighted by Gasteiger charge is 2.71. The van der Waals surface area contributed by atoms with E-state index in [-0.39, 0.29) is 59.6 Å². The van der Waals surface area contributed by atoms with Crippen LogP contribution in [0.25, 0.3) is 5.76 Å². The minimum absolute atomic E-state index is 0.0143. The van der Waals surface area contributed by atoms with E-state index in [9.17, 15) is 50.8 Å². The molecule has 0 radical (unpaired) electrons. The molecule has 19 heteroatoms. The maximum Gasteiger partial charge on any atom is 0.336 e. The molecule has 3 aromatic rings. The summed E-state index contributed by atoms with van der Waals surface area (Å²) in [6.45, 7) is 1.15. The zero-order valence-corrected chi connectivity index (χ0v) is 34.9. The van der Waals surface area contributed by atoms with Gasteiger partial charge in [-0.3, -0.25) is 10.4 Å². The molecule has 1 saturated heterocycles. The number of aliphatic hydroxyl groups is 6. The van der Waals surface area contributed by atoms with E-state index in [0.29, 0.717) is 23.1 Å². The number of rotatable bonds is 17. The molecule has 0 saturated carbocycles. The average Bonchev–Trinajstić information content (AvgIpc) is 3.97. The van der Waals surface area contributed by atoms with Crippen molar-refractivity contribution in [3.63, 3.8) is 0 Å². The third-order valence-corrected chi connectivity index (χ3v) is 11.9. The first kappa shape index (κ1) is 45.0. The summed E-state index contributed by atoms with van der Waals surface area (Å²) < 4.78 is 30.3. The van der Waals surface area contributed by atoms with Gasteiger partial charge in [0, 0.05) is 12.1 Å². The van der Waals surface area contributed by atoms with Gasteiger partial charge in [-0.1, -0.05) is 49.6 Å². The van der Waals surface area contributed by atoms with Crippen molar-refractivity contribution < 1.29 is 74.4 Å². The number of aliphatic hydroxyl groups excluding tert-OH is 4. The Morgan fingerprint density at radius 3 is 2.51 bits per heavy atom. The maximum atomic E-state index is 13.0. The molecule has 342 valence electrons. The van der Waals surface area contributed by atoms with Gasteiger partial charge in [0.25, 0.3) is 0 Å². The number of carboxylic acids is 1. The lowest BCUT2D eigenvalue weighted by Crippen LogP contribution is -2.79. The van der Waals surface area contributed by atoms with Crippen LogP contribution in [-0.4, -0.2) is 131 Å². The van der Waals surface area contributed by atoms with Gasteiger partial charge in [-0.25, -0.2) is 14.8 Å². The Morgan fingerprint density at radius 2 is 1.85 bits per heavy atom. The van der Waals surface area contributed by atoms with Crippen LogP contribution in [0.1, 0.15) is 55.4 Å². The summed E-state index contributed by atoms with van der Waals surface area (Å²) >= 11 is 0. The summed E-state index contributed by atoms with van der Waals surface area (Å²) in [6.07, 6.45) is -0.808. The van der Waals surface area contributed by atoms with E-state index in [2.05, 4.69) is 15.0 Å². The Hall–Kier alpha value is -6.61. The minimum Gasteiger partial charge on any atom is -0.508 e. The molecule has 4 aliphatic heterocycles. The minimum atomic E-state index is -2.66. The molecule has 0 amide bonds. The van der Waals surface area contributed by atoms with E-state index in [0.717, 1.165) is 12.8 Å². The van der Waals surface area contributed by atoms with Crippen LogP contribution in [0, 0.1) is 11.3 Å². The van der Waals surface area contributed by atoms with Gasteiger partial charge >= 0.3 is 5.97 Å². The Kier molecular flexibility index (Phi) is 12.5. The van der Waals surface area contributed by atoms with Gasteiger partial charge in [-0.15, -0.1) is 0 Å². The number of aliphatic imine (C=N–C) groups is 3. The second kappa shape index (κ2) is 18.1. The number of benzene rings is 3. The number of amidine groups is 1. The van der Waals surface area contributed by atoms with E-state index in [1.54, 1.807) is 24.3 Å². The number of nitrogens with zero attached hydrogens (tertiary/aromatic N) is 3. The largest absolute Gasteiger partial charge is 0.508 e. The van der Waals surface area contributed by atoms with Crippen LogP contribution in [0.2, 0.25) is 0 Å². The molecule has 1 unspecified atom stereocenters. The molecule has 10 N–H and O–H groups in total. The summed E-state index contributed by atoms with van der Waals surface area (Å²) in [5.41, 5.74) is -3.77. The van der Waals surface area contributed by atoms with Crippen molar-refractivity contribution in [1.82, 2.24) is 0 Å². The highest BCUT2D eigenvalue weighted by molar-refractivity contribution is 6.15. The molecule has 65 heavy (non-hydrogen) atoms. The van der Waals surface area contributed by atoms with Gasteiger partial charge in [-0.05, 0) is 66.5 Å². The number of unbranched alkanes of at least 4 members (excludes halogenated alkanes) is 2. The second-order valence-corrected chi connectivity index (χ2v) is 16.2. The predicted molar refractivity (Wildman–Crippen MR) is 232 cm³/mol. The summed E-state index contributed by atoms with van der Waals surface area (Å²) in [5, 5.41) is 109. The number of carbonyl (C=O) groups is 1. The van der Waals surface area contributed by atoms with Gasteiger partial charge in [0.15, 0.2) is 29.3 Å². The van der Waals surface area contributed by atoms with Crippen molar-refractivity contribution in [2.45, 2.75) is 87.2 Å². The van der Waals surface area contributed by atoms with E-state index in [1.807, 2.05) is 6.92 Å². The lowest BCUT2D eigenvalue weighted by Gasteiger charge is -2.57. The normalized spacial score (nSPS) is 27.4. The van der Waals surface area contributed by atoms with Gasteiger partial charge in [0.2, 0.25) is 12.0 Å². The lowest BCUT2D eigenvalue weighted by atomic mass is 9.60. The molecule has 8 rings (SSSR count). The summed E-state index contributed by atoms with van der Waals surface area (Å²) in [6, 6.07) is 13.5. The van der Waals surface area contributed by atoms with Crippen molar-refractivity contribution >= 4 is 35.3 Å². The quantitative estimate of drug-likeness (QED) is 0.0686. The SMILES string of the molecule is CCCCCC1=C[C@]2(O)[C@H](Oc3cc4c(c(O)c3OCc3cccc(O)c3)C(O)=CC(c3ccc(O[C@H](CO)[C@H](O)C5=NC(=N)C=C5)cc3)O4)O[C@H](C(=O)O)[C@](O)([C@H]1C1=NC=NC1)[C@H]2O. The van der Waals surface area contributed by atoms with Crippen LogP contribution in [0.15, 0.2) is 99.5 Å². The number of aliphatic carboxylic acids is 1. The zero-order chi connectivity index (χ0) is 46.2. The fraction of sp³-hybridized carbons (Fsp3) is 0.370. The fourth-order valence-electron chi connectivity index (χ4n) is 8.72. The summed E-state index contributed by atoms with van der Waals surface area (Å²) in [4.78, 5) is 25.3. The molecule has 2 bridgehead atoms. The Bertz CT molecular complexity index is 2540. The van der Waals surface area contributed by atoms with Crippen LogP contribution < -0.4 is 18.9 Å². The number of hydrogen-bond acceptors (Lipinski definition) is 17. The van der Waals surface area contributed by atoms with Crippen LogP contribution >= 0.6 is 0 Å². The van der Waals surface area contributed by atoms with Crippen molar-refractivity contribution in [2.75, 3.05) is 13.2 Å². The first-order chi connectivity index (χ1) is 31.2. The Morgan fingerprint density at radius 1 is 1.06 bits per heavy atom. The third kappa shape index (κ3) is 8.45. The molecule has 1 aliphatic carbocycles. The van der Waals surface area contributed by atoms with Crippen LogP contribution in [0.5, 0.6) is 34.5 Å². The van der Waals surface area contributed by atoms with Crippen molar-refractivity contribution in [1.29, 1.82) is 5.41 Å². The molecule has 0 aromatic heterocycles. The average molecular weight is 897 g/mol. The van der Waals surface area contributed by atoms with E-state index >= 15 is 0 Å². The summed E-state index contributed by atoms with van der Waals surface area (Å²) in [5.74, 6) is -4.91. The summed E-state index contributed by atoms with van der Waals surface area (Å²) in [7, 11) is 0. The Balaban J connectivity index is 1.14. The van der Waals surface area contributed by atoms with Crippen LogP contribution in [-0.2, 0) is 16.1 Å². The van der Waals surface area contributed by atoms with Gasteiger partial charge in [0.05, 0.1) is 30.5 Å². The van der Waals surface area contributed by atoms with Crippen molar-refractivity contribution in [3.8, 4) is 34.5 Å². The molecule has 1 fully saturated rings. The number of carboxylic acid groups (broad SMARTS) is 1. The van der Waals surface area contributed by atoms with E-state index in [4.69, 9.17) is 29.1 Å². The van der Waals surface area contributed by atoms with Gasteiger partial charge < -0.3 is 69.6 Å². The number of nitrogens with one attached hydrogen (secondary N) is 1. The molecule has 9 atom stereocenters. The van der Waals surface area contributed by atoms with Crippen LogP contribution in [0.3, 0.4) is 0 Å². The second-order valence-electron chi connectivity index (χ2n) is 16.2. The highest BCUT2D eigenvalue weighted by Crippen LogP contribution is 2.54. The molecule has 5 aliphatic rings. The van der Waals surface area contributed by atoms with Crippen LogP contribution in [0.4, 0.5) is 0 Å². The monoisotopic (exact) mass is 896 g/mol. The predicted octanol–water partition coefficient (Wildman–Crippen LogP) is 3.43. The number of phenols is 2. The number of hydrogen-bond donors (Lipinski definition) is 10. The maximum absolute atomic E-state index is 13.0. The smallest absolute Gasteiger partial charge is 0.336 e. The third-order valence-electron chi connectivity index (χ3n) is 11.9. The highest BCUT2D eigenvalue weighted by atomic mass is 16.7. The first-order valence-corrected chi connectivity index (χ1v) is 20.9. The molecule has 0 spiro atoms. The van der Waals surface area contributed by atoms with Gasteiger partial charge in [0.1, 0.15) is 71.3 Å². The molecular formula is C46H48N4O15. The first-order valence-electron chi connectivity index (χ1n) is 20.9. The van der Waals surface area contributed by atoms with Crippen molar-refractivity contribution in [3.05, 3.63) is 101 Å². The fourth-order valence-corrected chi connectivity index (χ4v) is 8.72. The molecule has 19 nitrogen and oxygen atoms in total. The number of ether oxygens (including phenoxy) is 5. The van der Waals surface area contributed by atoms with Gasteiger partial charge in [-0.2, -0.15) is 0 Å². The van der Waals surface area contributed by atoms with E-state index in [1.165, 1.54) is 61.0 Å². The number of fused-ring (bicyclic) bond motifs is 3. The van der Waals surface area contributed by atoms with Crippen molar-refractivity contribution in [2.24, 2.45) is 20.9 Å². The topological polar surface area (TPSA) is 306 Å². The standard InChI is InChI=1S/C46H48N4O15/c1-2-3-4-7-25-18-45(59)43(58)46(60,37(25)29-19-48-22-49-29)41(42(56)57)65-44(45)64-33-17-32-36(39(55)40(33)61-21-23-6-5-8-26(52)15-23)30(53)16-31(63-32)24-9-11-27(12-10-24)62-34(20-51)38(54)28-13-14-35(47)50-28/h5-6,8-18,22,31,34,37-38,41,43-44,47,51-55,58-60H,2-4,7,19-21H2,1H3,(H,56,57)/t31?,34-,37-,38-,41-,43+,44-,45-,46-/m1/s1. The number of aromatic hydroxyl groups is 2. The van der Waals surface area contributed by atoms with E-state index < -0.39 is 89.5 Å². The molecule has 3 aromatic carbocycles. The lowest BCUT2D eigenvalue weighted by molar-refractivity contribution is -0.338. The zero-order valence-electron chi connectivity index (χ0n) is 34.9.